The van der Waals surface area contributed by atoms with Gasteiger partial charge in [0.2, 0.25) is 0 Å². The maximum atomic E-state index is 12.6. The van der Waals surface area contributed by atoms with Crippen molar-refractivity contribution >= 4 is 27.5 Å². The molecule has 1 aromatic heterocycles. The Morgan fingerprint density at radius 1 is 1.30 bits per heavy atom. The first-order valence-electron chi connectivity index (χ1n) is 5.58. The molecule has 0 aliphatic carbocycles. The Labute approximate surface area is 121 Å². The smallest absolute Gasteiger partial charge is 0.345 e. The van der Waals surface area contributed by atoms with Crippen molar-refractivity contribution in [1.29, 1.82) is 0 Å². The van der Waals surface area contributed by atoms with Gasteiger partial charge in [-0.1, -0.05) is 6.07 Å². The zero-order chi connectivity index (χ0) is 14.9. The van der Waals surface area contributed by atoms with Crippen LogP contribution in [0.25, 0.3) is 0 Å². The van der Waals surface area contributed by atoms with E-state index in [1.54, 1.807) is 23.9 Å². The minimum atomic E-state index is -4.44. The lowest BCUT2D eigenvalue weighted by Gasteiger charge is -2.10. The van der Waals surface area contributed by atoms with Crippen molar-refractivity contribution in [2.45, 2.75) is 6.18 Å². The monoisotopic (exact) mass is 346 g/mol. The van der Waals surface area contributed by atoms with Gasteiger partial charge in [0.25, 0.3) is 5.91 Å². The van der Waals surface area contributed by atoms with Gasteiger partial charge in [-0.05, 0) is 40.2 Å². The van der Waals surface area contributed by atoms with Crippen LogP contribution in [-0.4, -0.2) is 10.5 Å². The van der Waals surface area contributed by atoms with Crippen LogP contribution >= 0.6 is 15.9 Å². The first kappa shape index (κ1) is 14.6. The fraction of sp³-hybridized carbons (Fsp3) is 0.154. The lowest BCUT2D eigenvalue weighted by atomic mass is 10.2. The first-order chi connectivity index (χ1) is 9.27. The Morgan fingerprint density at radius 2 is 2.00 bits per heavy atom. The van der Waals surface area contributed by atoms with Crippen molar-refractivity contribution in [1.82, 2.24) is 4.57 Å². The van der Waals surface area contributed by atoms with Gasteiger partial charge in [0.05, 0.1) is 5.56 Å². The minimum Gasteiger partial charge on any atom is -0.345 e. The van der Waals surface area contributed by atoms with E-state index < -0.39 is 17.6 Å². The number of benzene rings is 1. The van der Waals surface area contributed by atoms with Crippen LogP contribution in [0.1, 0.15) is 16.1 Å². The van der Waals surface area contributed by atoms with Crippen molar-refractivity contribution in [3.05, 3.63) is 52.3 Å². The molecule has 2 rings (SSSR count). The van der Waals surface area contributed by atoms with E-state index in [4.69, 9.17) is 0 Å². The van der Waals surface area contributed by atoms with Crippen molar-refractivity contribution in [3.8, 4) is 0 Å². The van der Waals surface area contributed by atoms with Crippen molar-refractivity contribution in [2.75, 3.05) is 5.32 Å². The number of aryl methyl sites for hydroxylation is 1. The van der Waals surface area contributed by atoms with E-state index >= 15 is 0 Å². The maximum Gasteiger partial charge on any atom is 0.416 e. The van der Waals surface area contributed by atoms with E-state index in [-0.39, 0.29) is 5.69 Å². The Hall–Kier alpha value is -1.76. The minimum absolute atomic E-state index is 0.0992. The van der Waals surface area contributed by atoms with Gasteiger partial charge in [-0.3, -0.25) is 4.79 Å². The number of rotatable bonds is 2. The van der Waals surface area contributed by atoms with E-state index in [1.807, 2.05) is 0 Å². The lowest BCUT2D eigenvalue weighted by molar-refractivity contribution is -0.137. The highest BCUT2D eigenvalue weighted by molar-refractivity contribution is 9.10. The molecule has 7 heteroatoms. The molecule has 1 aromatic carbocycles. The molecule has 0 bridgehead atoms. The van der Waals surface area contributed by atoms with Gasteiger partial charge >= 0.3 is 6.18 Å². The van der Waals surface area contributed by atoms with Gasteiger partial charge < -0.3 is 9.88 Å². The van der Waals surface area contributed by atoms with E-state index in [2.05, 4.69) is 21.2 Å². The predicted molar refractivity (Wildman–Crippen MR) is 72.5 cm³/mol. The van der Waals surface area contributed by atoms with Crippen molar-refractivity contribution < 1.29 is 18.0 Å². The first-order valence-corrected chi connectivity index (χ1v) is 6.37. The van der Waals surface area contributed by atoms with Gasteiger partial charge in [-0.25, -0.2) is 0 Å². The van der Waals surface area contributed by atoms with E-state index in [1.165, 1.54) is 12.1 Å². The molecule has 1 amide bonds. The normalized spacial score (nSPS) is 11.4. The van der Waals surface area contributed by atoms with E-state index in [0.717, 1.165) is 12.1 Å². The second-order valence-corrected chi connectivity index (χ2v) is 5.10. The second-order valence-electron chi connectivity index (χ2n) is 4.19. The number of carbonyl (C=O) groups excluding carboxylic acids is 1. The number of carbonyl (C=O) groups is 1. The molecule has 0 unspecified atom stereocenters. The highest BCUT2D eigenvalue weighted by Gasteiger charge is 2.30. The molecule has 0 atom stereocenters. The van der Waals surface area contributed by atoms with Crippen molar-refractivity contribution in [3.63, 3.8) is 0 Å². The summed E-state index contributed by atoms with van der Waals surface area (Å²) in [6, 6.07) is 6.10. The quantitative estimate of drug-likeness (QED) is 0.874. The molecule has 0 radical (unpaired) electrons. The third-order valence-electron chi connectivity index (χ3n) is 2.65. The number of nitrogens with zero attached hydrogens (tertiary/aromatic N) is 1. The van der Waals surface area contributed by atoms with Gasteiger partial charge in [-0.2, -0.15) is 13.2 Å². The fourth-order valence-corrected chi connectivity index (χ4v) is 2.24. The Balaban J connectivity index is 2.22. The zero-order valence-corrected chi connectivity index (χ0v) is 11.9. The maximum absolute atomic E-state index is 12.6. The van der Waals surface area contributed by atoms with Crippen LogP contribution in [0.5, 0.6) is 0 Å². The molecule has 0 aliphatic heterocycles. The molecule has 3 nitrogen and oxygen atoms in total. The second kappa shape index (κ2) is 5.32. The molecule has 0 saturated carbocycles. The highest BCUT2D eigenvalue weighted by atomic mass is 79.9. The summed E-state index contributed by atoms with van der Waals surface area (Å²) in [4.78, 5) is 12.0. The number of nitrogens with one attached hydrogen (secondary N) is 1. The number of hydrogen-bond acceptors (Lipinski definition) is 1. The lowest BCUT2D eigenvalue weighted by Crippen LogP contribution is -2.16. The highest BCUT2D eigenvalue weighted by Crippen LogP contribution is 2.30. The zero-order valence-electron chi connectivity index (χ0n) is 10.3. The van der Waals surface area contributed by atoms with Gasteiger partial charge in [-0.15, -0.1) is 0 Å². The largest absolute Gasteiger partial charge is 0.416 e. The van der Waals surface area contributed by atoms with Crippen LogP contribution in [0.4, 0.5) is 18.9 Å². The summed E-state index contributed by atoms with van der Waals surface area (Å²) in [6.45, 7) is 0. The average Bonchev–Trinajstić information content (AvgIpc) is 2.68. The van der Waals surface area contributed by atoms with Crippen LogP contribution in [0.3, 0.4) is 0 Å². The number of aromatic nitrogens is 1. The molecule has 0 spiro atoms. The van der Waals surface area contributed by atoms with Gasteiger partial charge in [0, 0.05) is 23.4 Å². The molecule has 20 heavy (non-hydrogen) atoms. The molecule has 106 valence electrons. The van der Waals surface area contributed by atoms with Crippen LogP contribution in [-0.2, 0) is 13.2 Å². The summed E-state index contributed by atoms with van der Waals surface area (Å²) in [6.07, 6.45) is -2.75. The average molecular weight is 347 g/mol. The topological polar surface area (TPSA) is 34.0 Å². The number of anilines is 1. The van der Waals surface area contributed by atoms with Crippen LogP contribution in [0.2, 0.25) is 0 Å². The number of alkyl halides is 3. The molecule has 2 aromatic rings. The van der Waals surface area contributed by atoms with Crippen LogP contribution in [0, 0.1) is 0 Å². The summed E-state index contributed by atoms with van der Waals surface area (Å²) >= 11 is 3.22. The van der Waals surface area contributed by atoms with Gasteiger partial charge in [0.1, 0.15) is 5.69 Å². The van der Waals surface area contributed by atoms with Crippen LogP contribution < -0.4 is 5.32 Å². The summed E-state index contributed by atoms with van der Waals surface area (Å²) in [5.41, 5.74) is -0.361. The predicted octanol–water partition coefficient (Wildman–Crippen LogP) is 4.06. The van der Waals surface area contributed by atoms with Gasteiger partial charge in [0.15, 0.2) is 0 Å². The Morgan fingerprint density at radius 3 is 2.55 bits per heavy atom. The van der Waals surface area contributed by atoms with Crippen LogP contribution in [0.15, 0.2) is 41.0 Å². The molecule has 0 saturated heterocycles. The molecule has 0 fully saturated rings. The number of halogens is 4. The van der Waals surface area contributed by atoms with E-state index in [9.17, 15) is 18.0 Å². The summed E-state index contributed by atoms with van der Waals surface area (Å²) in [5.74, 6) is -0.475. The third-order valence-corrected chi connectivity index (χ3v) is 3.09. The molecule has 1 N–H and O–H groups in total. The SMILES string of the molecule is Cn1cc(Br)cc1C(=O)Nc1cccc(C(F)(F)F)c1. The summed E-state index contributed by atoms with van der Waals surface area (Å²) in [7, 11) is 1.67. The third kappa shape index (κ3) is 3.22. The molecular formula is C13H10BrF3N2O. The summed E-state index contributed by atoms with van der Waals surface area (Å²) in [5, 5.41) is 2.44. The van der Waals surface area contributed by atoms with E-state index in [0.29, 0.717) is 10.2 Å². The Kier molecular flexibility index (Phi) is 3.89. The molecule has 0 aliphatic rings. The molecule has 1 heterocycles. The number of hydrogen-bond donors (Lipinski definition) is 1. The Bertz CT molecular complexity index is 649. The molecular weight excluding hydrogens is 337 g/mol. The standard InChI is InChI=1S/C13H10BrF3N2O/c1-19-7-9(14)6-11(19)12(20)18-10-4-2-3-8(5-10)13(15,16)17/h2-7H,1H3,(H,18,20). The van der Waals surface area contributed by atoms with Crippen molar-refractivity contribution in [2.24, 2.45) is 7.05 Å². The summed E-state index contributed by atoms with van der Waals surface area (Å²) < 4.78 is 40.0. The number of amides is 1. The fourth-order valence-electron chi connectivity index (χ4n) is 1.72.